The van der Waals surface area contributed by atoms with Gasteiger partial charge in [0, 0.05) is 13.1 Å². The summed E-state index contributed by atoms with van der Waals surface area (Å²) in [6.07, 6.45) is 4.51. The zero-order valence-electron chi connectivity index (χ0n) is 8.78. The van der Waals surface area contributed by atoms with Crippen molar-refractivity contribution in [2.45, 2.75) is 32.6 Å². The predicted molar refractivity (Wildman–Crippen MR) is 56.5 cm³/mol. The molecule has 1 aliphatic heterocycles. The van der Waals surface area contributed by atoms with Gasteiger partial charge in [-0.15, -0.1) is 0 Å². The molecule has 82 valence electrons. The van der Waals surface area contributed by atoms with Crippen LogP contribution in [0.3, 0.4) is 0 Å². The molecule has 14 heavy (non-hydrogen) atoms. The second-order valence-corrected chi connectivity index (χ2v) is 6.67. The maximum atomic E-state index is 11.8. The Bertz CT molecular complexity index is 287. The molecular weight excluding hydrogens is 198 g/mol. The molecule has 2 atom stereocenters. The highest BCUT2D eigenvalue weighted by Crippen LogP contribution is 2.38. The summed E-state index contributed by atoms with van der Waals surface area (Å²) in [4.78, 5) is 0. The van der Waals surface area contributed by atoms with Crippen LogP contribution in [0.1, 0.15) is 32.6 Å². The zero-order chi connectivity index (χ0) is 10.2. The minimum absolute atomic E-state index is 0.326. The maximum Gasteiger partial charge on any atom is 0.214 e. The Kier molecular flexibility index (Phi) is 2.84. The van der Waals surface area contributed by atoms with Crippen molar-refractivity contribution in [3.05, 3.63) is 0 Å². The fourth-order valence-electron chi connectivity index (χ4n) is 2.81. The zero-order valence-corrected chi connectivity index (χ0v) is 9.59. The first-order valence-electron chi connectivity index (χ1n) is 5.61. The average molecular weight is 217 g/mol. The van der Waals surface area contributed by atoms with E-state index in [1.165, 1.54) is 19.3 Å². The predicted octanol–water partition coefficient (Wildman–Crippen LogP) is 1.46. The molecule has 0 spiro atoms. The van der Waals surface area contributed by atoms with E-state index in [0.717, 1.165) is 19.5 Å². The van der Waals surface area contributed by atoms with Crippen molar-refractivity contribution in [2.24, 2.45) is 11.8 Å². The Morgan fingerprint density at radius 3 is 2.29 bits per heavy atom. The van der Waals surface area contributed by atoms with Crippen LogP contribution in [-0.2, 0) is 10.0 Å². The monoisotopic (exact) mass is 217 g/mol. The van der Waals surface area contributed by atoms with Crippen LogP contribution in [-0.4, -0.2) is 31.6 Å². The van der Waals surface area contributed by atoms with Gasteiger partial charge in [0.05, 0.1) is 5.75 Å². The Labute approximate surface area is 86.5 Å². The van der Waals surface area contributed by atoms with E-state index in [2.05, 4.69) is 0 Å². The Hall–Kier alpha value is -0.0900. The molecule has 0 radical (unpaired) electrons. The van der Waals surface area contributed by atoms with E-state index in [0.29, 0.717) is 17.6 Å². The van der Waals surface area contributed by atoms with Gasteiger partial charge in [-0.1, -0.05) is 13.3 Å². The van der Waals surface area contributed by atoms with Gasteiger partial charge in [0.2, 0.25) is 10.0 Å². The normalized spacial score (nSPS) is 33.5. The molecule has 3 nitrogen and oxygen atoms in total. The van der Waals surface area contributed by atoms with Crippen molar-refractivity contribution in [2.75, 3.05) is 18.8 Å². The number of hydrogen-bond acceptors (Lipinski definition) is 2. The van der Waals surface area contributed by atoms with Crippen molar-refractivity contribution in [1.82, 2.24) is 4.31 Å². The van der Waals surface area contributed by atoms with Gasteiger partial charge in [0.15, 0.2) is 0 Å². The Balaban J connectivity index is 2.02. The second-order valence-electron chi connectivity index (χ2n) is 4.58. The fraction of sp³-hybridized carbons (Fsp3) is 1.00. The van der Waals surface area contributed by atoms with E-state index in [4.69, 9.17) is 0 Å². The van der Waals surface area contributed by atoms with Gasteiger partial charge < -0.3 is 0 Å². The molecular formula is C10H19NO2S. The van der Waals surface area contributed by atoms with Crippen molar-refractivity contribution < 1.29 is 8.42 Å². The number of hydrogen-bond donors (Lipinski definition) is 0. The van der Waals surface area contributed by atoms with Crippen molar-refractivity contribution >= 4 is 10.0 Å². The molecule has 0 amide bonds. The number of fused-ring (bicyclic) bond motifs is 1. The molecule has 0 bridgehead atoms. The average Bonchev–Trinajstić information content (AvgIpc) is 2.60. The lowest BCUT2D eigenvalue weighted by atomic mass is 10.0. The molecule has 0 aromatic carbocycles. The summed E-state index contributed by atoms with van der Waals surface area (Å²) in [5, 5.41) is 0. The summed E-state index contributed by atoms with van der Waals surface area (Å²) >= 11 is 0. The first-order valence-corrected chi connectivity index (χ1v) is 7.22. The maximum absolute atomic E-state index is 11.8. The summed E-state index contributed by atoms with van der Waals surface area (Å²) in [6.45, 7) is 3.52. The molecule has 0 aromatic heterocycles. The van der Waals surface area contributed by atoms with Gasteiger partial charge in [-0.2, -0.15) is 0 Å². The van der Waals surface area contributed by atoms with Gasteiger partial charge >= 0.3 is 0 Å². The smallest absolute Gasteiger partial charge is 0.212 e. The summed E-state index contributed by atoms with van der Waals surface area (Å²) in [6, 6.07) is 0. The van der Waals surface area contributed by atoms with Crippen LogP contribution in [0.4, 0.5) is 0 Å². The molecule has 4 heteroatoms. The molecule has 2 fully saturated rings. The summed E-state index contributed by atoms with van der Waals surface area (Å²) < 4.78 is 25.3. The van der Waals surface area contributed by atoms with Crippen LogP contribution in [0.2, 0.25) is 0 Å². The summed E-state index contributed by atoms with van der Waals surface area (Å²) in [5.41, 5.74) is 0. The van der Waals surface area contributed by atoms with E-state index in [-0.39, 0.29) is 0 Å². The van der Waals surface area contributed by atoms with Crippen molar-refractivity contribution in [3.8, 4) is 0 Å². The first-order chi connectivity index (χ1) is 6.63. The lowest BCUT2D eigenvalue weighted by Crippen LogP contribution is -2.31. The molecule has 2 aliphatic rings. The van der Waals surface area contributed by atoms with Gasteiger partial charge in [-0.25, -0.2) is 12.7 Å². The van der Waals surface area contributed by atoms with Crippen molar-refractivity contribution in [1.29, 1.82) is 0 Å². The largest absolute Gasteiger partial charge is 0.214 e. The van der Waals surface area contributed by atoms with Gasteiger partial charge in [0.1, 0.15) is 0 Å². The number of sulfonamides is 1. The molecule has 1 aliphatic carbocycles. The highest BCUT2D eigenvalue weighted by Gasteiger charge is 2.40. The topological polar surface area (TPSA) is 37.4 Å². The third kappa shape index (κ3) is 1.82. The van der Waals surface area contributed by atoms with Crippen molar-refractivity contribution in [3.63, 3.8) is 0 Å². The molecule has 0 aromatic rings. The van der Waals surface area contributed by atoms with E-state index < -0.39 is 10.0 Å². The van der Waals surface area contributed by atoms with E-state index in [9.17, 15) is 8.42 Å². The SMILES string of the molecule is CCCS(=O)(=O)N1CC2CCCC2C1. The summed E-state index contributed by atoms with van der Waals surface area (Å²) in [5.74, 6) is 1.66. The summed E-state index contributed by atoms with van der Waals surface area (Å²) in [7, 11) is -2.92. The van der Waals surface area contributed by atoms with Gasteiger partial charge in [-0.3, -0.25) is 0 Å². The van der Waals surface area contributed by atoms with Crippen LogP contribution in [0.5, 0.6) is 0 Å². The van der Waals surface area contributed by atoms with Crippen LogP contribution >= 0.6 is 0 Å². The fourth-order valence-corrected chi connectivity index (χ4v) is 4.42. The molecule has 0 N–H and O–H groups in total. The number of nitrogens with zero attached hydrogens (tertiary/aromatic N) is 1. The highest BCUT2D eigenvalue weighted by atomic mass is 32.2. The minimum atomic E-state index is -2.92. The Morgan fingerprint density at radius 2 is 1.79 bits per heavy atom. The molecule has 1 saturated carbocycles. The van der Waals surface area contributed by atoms with E-state index in [1.807, 2.05) is 6.92 Å². The second kappa shape index (κ2) is 3.81. The van der Waals surface area contributed by atoms with Crippen LogP contribution in [0, 0.1) is 11.8 Å². The Morgan fingerprint density at radius 1 is 1.21 bits per heavy atom. The molecule has 2 rings (SSSR count). The van der Waals surface area contributed by atoms with Crippen LogP contribution in [0.15, 0.2) is 0 Å². The van der Waals surface area contributed by atoms with Gasteiger partial charge in [-0.05, 0) is 31.1 Å². The third-order valence-corrected chi connectivity index (χ3v) is 5.56. The van der Waals surface area contributed by atoms with E-state index in [1.54, 1.807) is 4.31 Å². The molecule has 2 unspecified atom stereocenters. The lowest BCUT2D eigenvalue weighted by Gasteiger charge is -2.16. The third-order valence-electron chi connectivity index (χ3n) is 3.55. The van der Waals surface area contributed by atoms with E-state index >= 15 is 0 Å². The molecule has 1 saturated heterocycles. The highest BCUT2D eigenvalue weighted by molar-refractivity contribution is 7.89. The van der Waals surface area contributed by atoms with Crippen LogP contribution in [0.25, 0.3) is 0 Å². The lowest BCUT2D eigenvalue weighted by molar-refractivity contribution is 0.445. The minimum Gasteiger partial charge on any atom is -0.212 e. The standard InChI is InChI=1S/C10H19NO2S/c1-2-6-14(12,13)11-7-9-4-3-5-10(9)8-11/h9-10H,2-8H2,1H3. The number of rotatable bonds is 3. The van der Waals surface area contributed by atoms with Gasteiger partial charge in [0.25, 0.3) is 0 Å². The first kappa shape index (κ1) is 10.4. The molecule has 1 heterocycles. The van der Waals surface area contributed by atoms with Crippen LogP contribution < -0.4 is 0 Å². The quantitative estimate of drug-likeness (QED) is 0.717.